The standard InChI is InChI=1S/C8H8N4O2/c1-5-10-8(14-12-5)6-3-9-4-7(11-6)13-2/h3-4H,1-2H3. The molecule has 0 unspecified atom stereocenters. The molecule has 0 aliphatic rings. The number of rotatable bonds is 2. The van der Waals surface area contributed by atoms with Crippen LogP contribution in [0.4, 0.5) is 0 Å². The van der Waals surface area contributed by atoms with Gasteiger partial charge in [0.05, 0.1) is 19.5 Å². The summed E-state index contributed by atoms with van der Waals surface area (Å²) in [5.41, 5.74) is 0.505. The molecule has 2 heterocycles. The van der Waals surface area contributed by atoms with E-state index in [9.17, 15) is 0 Å². The molecule has 0 N–H and O–H groups in total. The smallest absolute Gasteiger partial charge is 0.278 e. The summed E-state index contributed by atoms with van der Waals surface area (Å²) in [7, 11) is 1.52. The first kappa shape index (κ1) is 8.61. The van der Waals surface area contributed by atoms with Crippen molar-refractivity contribution < 1.29 is 9.26 Å². The molecule has 0 spiro atoms. The van der Waals surface area contributed by atoms with Crippen molar-refractivity contribution in [2.45, 2.75) is 6.92 Å². The maximum absolute atomic E-state index is 4.93. The summed E-state index contributed by atoms with van der Waals surface area (Å²) in [6.45, 7) is 1.74. The molecular formula is C8H8N4O2. The second-order valence-electron chi connectivity index (χ2n) is 2.59. The van der Waals surface area contributed by atoms with Crippen LogP contribution in [-0.4, -0.2) is 27.2 Å². The molecule has 2 rings (SSSR count). The fourth-order valence-corrected chi connectivity index (χ4v) is 0.951. The fourth-order valence-electron chi connectivity index (χ4n) is 0.951. The number of hydrogen-bond acceptors (Lipinski definition) is 6. The molecule has 0 fully saturated rings. The van der Waals surface area contributed by atoms with E-state index in [2.05, 4.69) is 20.1 Å². The molecule has 0 atom stereocenters. The second kappa shape index (κ2) is 3.41. The molecule has 0 radical (unpaired) electrons. The SMILES string of the molecule is COc1cncc(-c2nc(C)no2)n1. The van der Waals surface area contributed by atoms with Gasteiger partial charge in [-0.3, -0.25) is 4.98 Å². The number of aromatic nitrogens is 4. The Hall–Kier alpha value is -1.98. The van der Waals surface area contributed by atoms with E-state index in [-0.39, 0.29) is 0 Å². The van der Waals surface area contributed by atoms with Crippen molar-refractivity contribution >= 4 is 0 Å². The molecule has 6 heteroatoms. The van der Waals surface area contributed by atoms with Crippen molar-refractivity contribution in [2.75, 3.05) is 7.11 Å². The molecule has 2 aromatic heterocycles. The highest BCUT2D eigenvalue weighted by Gasteiger charge is 2.08. The first-order valence-electron chi connectivity index (χ1n) is 3.96. The Bertz CT molecular complexity index is 440. The van der Waals surface area contributed by atoms with Gasteiger partial charge in [0, 0.05) is 0 Å². The lowest BCUT2D eigenvalue weighted by atomic mass is 10.4. The Morgan fingerprint density at radius 3 is 2.79 bits per heavy atom. The third kappa shape index (κ3) is 1.54. The Balaban J connectivity index is 2.41. The van der Waals surface area contributed by atoms with E-state index in [1.54, 1.807) is 6.92 Å². The molecule has 14 heavy (non-hydrogen) atoms. The van der Waals surface area contributed by atoms with Gasteiger partial charge in [0.1, 0.15) is 0 Å². The fraction of sp³-hybridized carbons (Fsp3) is 0.250. The van der Waals surface area contributed by atoms with Crippen LogP contribution in [0.5, 0.6) is 5.88 Å². The summed E-state index contributed by atoms with van der Waals surface area (Å²) >= 11 is 0. The molecule has 0 aliphatic carbocycles. The van der Waals surface area contributed by atoms with E-state index in [0.29, 0.717) is 23.3 Å². The monoisotopic (exact) mass is 192 g/mol. The first-order chi connectivity index (χ1) is 6.79. The van der Waals surface area contributed by atoms with E-state index in [0.717, 1.165) is 0 Å². The van der Waals surface area contributed by atoms with Gasteiger partial charge in [0.25, 0.3) is 5.89 Å². The highest BCUT2D eigenvalue weighted by atomic mass is 16.5. The van der Waals surface area contributed by atoms with Crippen molar-refractivity contribution in [1.29, 1.82) is 0 Å². The van der Waals surface area contributed by atoms with Crippen molar-refractivity contribution in [3.63, 3.8) is 0 Å². The van der Waals surface area contributed by atoms with Crippen LogP contribution in [0.1, 0.15) is 5.82 Å². The maximum atomic E-state index is 4.93. The van der Waals surface area contributed by atoms with Crippen molar-refractivity contribution in [3.8, 4) is 17.5 Å². The van der Waals surface area contributed by atoms with Crippen LogP contribution >= 0.6 is 0 Å². The van der Waals surface area contributed by atoms with E-state index >= 15 is 0 Å². The van der Waals surface area contributed by atoms with Gasteiger partial charge in [-0.15, -0.1) is 0 Å². The summed E-state index contributed by atoms with van der Waals surface area (Å²) in [5.74, 6) is 1.32. The van der Waals surface area contributed by atoms with Crippen LogP contribution in [0.3, 0.4) is 0 Å². The quantitative estimate of drug-likeness (QED) is 0.702. The zero-order valence-electron chi connectivity index (χ0n) is 7.76. The Morgan fingerprint density at radius 1 is 1.29 bits per heavy atom. The van der Waals surface area contributed by atoms with Crippen LogP contribution in [0.15, 0.2) is 16.9 Å². The third-order valence-corrected chi connectivity index (χ3v) is 1.57. The molecule has 0 bridgehead atoms. The molecule has 0 amide bonds. The number of ether oxygens (including phenoxy) is 1. The predicted molar refractivity (Wildman–Crippen MR) is 46.6 cm³/mol. The van der Waals surface area contributed by atoms with Crippen molar-refractivity contribution in [2.24, 2.45) is 0 Å². The highest BCUT2D eigenvalue weighted by molar-refractivity contribution is 5.44. The zero-order valence-corrected chi connectivity index (χ0v) is 7.76. The van der Waals surface area contributed by atoms with Gasteiger partial charge in [-0.05, 0) is 6.92 Å². The van der Waals surface area contributed by atoms with E-state index in [1.165, 1.54) is 19.5 Å². The largest absolute Gasteiger partial charge is 0.480 e. The molecule has 6 nitrogen and oxygen atoms in total. The van der Waals surface area contributed by atoms with Crippen LogP contribution in [0.25, 0.3) is 11.6 Å². The Kier molecular flexibility index (Phi) is 2.10. The minimum atomic E-state index is 0.342. The van der Waals surface area contributed by atoms with Crippen LogP contribution in [0, 0.1) is 6.92 Å². The van der Waals surface area contributed by atoms with Gasteiger partial charge in [0.15, 0.2) is 11.5 Å². The van der Waals surface area contributed by atoms with E-state index < -0.39 is 0 Å². The summed E-state index contributed by atoms with van der Waals surface area (Å²) in [5, 5.41) is 3.65. The summed E-state index contributed by atoms with van der Waals surface area (Å²) in [6.07, 6.45) is 3.04. The molecule has 0 aliphatic heterocycles. The van der Waals surface area contributed by atoms with E-state index in [4.69, 9.17) is 9.26 Å². The molecule has 0 saturated carbocycles. The predicted octanol–water partition coefficient (Wildman–Crippen LogP) is 0.844. The maximum Gasteiger partial charge on any atom is 0.278 e. The minimum Gasteiger partial charge on any atom is -0.480 e. The Morgan fingerprint density at radius 2 is 2.14 bits per heavy atom. The lowest BCUT2D eigenvalue weighted by molar-refractivity contribution is 0.393. The van der Waals surface area contributed by atoms with Crippen LogP contribution in [0.2, 0.25) is 0 Å². The molecule has 72 valence electrons. The summed E-state index contributed by atoms with van der Waals surface area (Å²) in [4.78, 5) is 12.0. The van der Waals surface area contributed by atoms with Crippen LogP contribution < -0.4 is 4.74 Å². The normalized spacial score (nSPS) is 10.1. The van der Waals surface area contributed by atoms with Gasteiger partial charge in [-0.2, -0.15) is 4.98 Å². The van der Waals surface area contributed by atoms with Gasteiger partial charge in [0.2, 0.25) is 5.88 Å². The molecule has 0 aromatic carbocycles. The second-order valence-corrected chi connectivity index (χ2v) is 2.59. The van der Waals surface area contributed by atoms with Gasteiger partial charge < -0.3 is 9.26 Å². The van der Waals surface area contributed by atoms with Gasteiger partial charge in [-0.1, -0.05) is 5.16 Å². The lowest BCUT2D eigenvalue weighted by Crippen LogP contribution is -1.91. The number of methoxy groups -OCH3 is 1. The van der Waals surface area contributed by atoms with Crippen molar-refractivity contribution in [1.82, 2.24) is 20.1 Å². The average molecular weight is 192 g/mol. The Labute approximate surface area is 80.0 Å². The number of aryl methyl sites for hydroxylation is 1. The third-order valence-electron chi connectivity index (χ3n) is 1.57. The topological polar surface area (TPSA) is 73.9 Å². The van der Waals surface area contributed by atoms with E-state index in [1.807, 2.05) is 0 Å². The minimum absolute atomic E-state index is 0.342. The number of nitrogens with zero attached hydrogens (tertiary/aromatic N) is 4. The lowest BCUT2D eigenvalue weighted by Gasteiger charge is -1.97. The van der Waals surface area contributed by atoms with Crippen molar-refractivity contribution in [3.05, 3.63) is 18.2 Å². The molecule has 0 saturated heterocycles. The highest BCUT2D eigenvalue weighted by Crippen LogP contribution is 2.15. The summed E-state index contributed by atoms with van der Waals surface area (Å²) in [6, 6.07) is 0. The van der Waals surface area contributed by atoms with Gasteiger partial charge in [-0.25, -0.2) is 4.98 Å². The number of hydrogen-bond donors (Lipinski definition) is 0. The van der Waals surface area contributed by atoms with Gasteiger partial charge >= 0.3 is 0 Å². The summed E-state index contributed by atoms with van der Waals surface area (Å²) < 4.78 is 9.85. The molecule has 2 aromatic rings. The zero-order chi connectivity index (χ0) is 9.97. The molecular weight excluding hydrogens is 184 g/mol. The van der Waals surface area contributed by atoms with Crippen LogP contribution in [-0.2, 0) is 0 Å². The first-order valence-corrected chi connectivity index (χ1v) is 3.96. The average Bonchev–Trinajstić information content (AvgIpc) is 2.65.